The summed E-state index contributed by atoms with van der Waals surface area (Å²) in [6, 6.07) is 6.23. The molecule has 0 amide bonds. The van der Waals surface area contributed by atoms with E-state index in [0.717, 1.165) is 24.9 Å². The van der Waals surface area contributed by atoms with Crippen molar-refractivity contribution in [1.29, 1.82) is 0 Å². The molecule has 1 atom stereocenters. The van der Waals surface area contributed by atoms with Gasteiger partial charge in [0, 0.05) is 5.56 Å². The molecular weight excluding hydrogens is 257 g/mol. The standard InChI is InChI=1S/C12H12FN3O.ClH/c13-9-5-3-8(4-6-9)11-15-12(17-16-11)10-2-1-7-14-10;/h3-6,10,14H,1-2,7H2;1H/t10-;/m0./s1. The Morgan fingerprint density at radius 2 is 2.06 bits per heavy atom. The van der Waals surface area contributed by atoms with Gasteiger partial charge in [0.25, 0.3) is 0 Å². The zero-order valence-corrected chi connectivity index (χ0v) is 10.4. The Morgan fingerprint density at radius 3 is 2.72 bits per heavy atom. The van der Waals surface area contributed by atoms with Crippen LogP contribution in [0.15, 0.2) is 28.8 Å². The molecule has 0 radical (unpaired) electrons. The van der Waals surface area contributed by atoms with Crippen molar-refractivity contribution in [1.82, 2.24) is 15.5 Å². The van der Waals surface area contributed by atoms with Crippen molar-refractivity contribution in [3.05, 3.63) is 36.0 Å². The Balaban J connectivity index is 0.00000120. The molecule has 3 rings (SSSR count). The van der Waals surface area contributed by atoms with Gasteiger partial charge in [-0.3, -0.25) is 0 Å². The predicted molar refractivity (Wildman–Crippen MR) is 66.9 cm³/mol. The van der Waals surface area contributed by atoms with Gasteiger partial charge in [0.05, 0.1) is 6.04 Å². The van der Waals surface area contributed by atoms with Gasteiger partial charge >= 0.3 is 0 Å². The Kier molecular flexibility index (Phi) is 3.93. The summed E-state index contributed by atoms with van der Waals surface area (Å²) < 4.78 is 18.0. The summed E-state index contributed by atoms with van der Waals surface area (Å²) in [5.41, 5.74) is 0.763. The summed E-state index contributed by atoms with van der Waals surface area (Å²) in [5, 5.41) is 7.20. The number of aromatic nitrogens is 2. The van der Waals surface area contributed by atoms with Crippen molar-refractivity contribution >= 4 is 12.4 Å². The number of hydrogen-bond acceptors (Lipinski definition) is 4. The lowest BCUT2D eigenvalue weighted by Crippen LogP contribution is -2.12. The first-order valence-corrected chi connectivity index (χ1v) is 5.66. The summed E-state index contributed by atoms with van der Waals surface area (Å²) in [7, 11) is 0. The van der Waals surface area contributed by atoms with Crippen LogP contribution in [0.5, 0.6) is 0 Å². The van der Waals surface area contributed by atoms with Gasteiger partial charge in [0.2, 0.25) is 11.7 Å². The van der Waals surface area contributed by atoms with E-state index in [0.29, 0.717) is 11.7 Å². The minimum absolute atomic E-state index is 0. The van der Waals surface area contributed by atoms with Gasteiger partial charge < -0.3 is 9.84 Å². The smallest absolute Gasteiger partial charge is 0.244 e. The third-order valence-corrected chi connectivity index (χ3v) is 2.90. The molecule has 1 aromatic carbocycles. The second-order valence-corrected chi connectivity index (χ2v) is 4.11. The molecule has 1 saturated heterocycles. The summed E-state index contributed by atoms with van der Waals surface area (Å²) in [6.07, 6.45) is 2.14. The van der Waals surface area contributed by atoms with Crippen molar-refractivity contribution in [3.8, 4) is 11.4 Å². The highest BCUT2D eigenvalue weighted by Crippen LogP contribution is 2.24. The van der Waals surface area contributed by atoms with Crippen LogP contribution in [0.3, 0.4) is 0 Å². The Morgan fingerprint density at radius 1 is 1.28 bits per heavy atom. The van der Waals surface area contributed by atoms with Gasteiger partial charge in [-0.25, -0.2) is 4.39 Å². The molecule has 0 unspecified atom stereocenters. The normalized spacial score (nSPS) is 18.6. The molecule has 1 aromatic heterocycles. The third kappa shape index (κ3) is 2.52. The van der Waals surface area contributed by atoms with Crippen LogP contribution >= 0.6 is 12.4 Å². The van der Waals surface area contributed by atoms with E-state index in [1.54, 1.807) is 12.1 Å². The van der Waals surface area contributed by atoms with E-state index in [1.807, 2.05) is 0 Å². The minimum atomic E-state index is -0.269. The molecule has 1 N–H and O–H groups in total. The number of halogens is 2. The molecule has 1 fully saturated rings. The van der Waals surface area contributed by atoms with Crippen LogP contribution in [0, 0.1) is 5.82 Å². The molecule has 1 aliphatic rings. The molecule has 2 heterocycles. The number of benzene rings is 1. The van der Waals surface area contributed by atoms with E-state index in [2.05, 4.69) is 15.5 Å². The van der Waals surface area contributed by atoms with Crippen LogP contribution in [-0.4, -0.2) is 16.7 Å². The van der Waals surface area contributed by atoms with Gasteiger partial charge in [0.1, 0.15) is 5.82 Å². The van der Waals surface area contributed by atoms with Crippen LogP contribution in [0.1, 0.15) is 24.8 Å². The van der Waals surface area contributed by atoms with E-state index >= 15 is 0 Å². The maximum Gasteiger partial charge on any atom is 0.244 e. The van der Waals surface area contributed by atoms with E-state index in [4.69, 9.17) is 4.52 Å². The van der Waals surface area contributed by atoms with Crippen LogP contribution in [0.4, 0.5) is 4.39 Å². The molecule has 18 heavy (non-hydrogen) atoms. The number of hydrogen-bond donors (Lipinski definition) is 1. The van der Waals surface area contributed by atoms with Gasteiger partial charge in [-0.2, -0.15) is 4.98 Å². The summed E-state index contributed by atoms with van der Waals surface area (Å²) in [5.74, 6) is 0.852. The largest absolute Gasteiger partial charge is 0.337 e. The molecule has 0 bridgehead atoms. The summed E-state index contributed by atoms with van der Waals surface area (Å²) in [6.45, 7) is 0.985. The molecular formula is C12H13ClFN3O. The van der Waals surface area contributed by atoms with Crippen molar-refractivity contribution in [2.45, 2.75) is 18.9 Å². The van der Waals surface area contributed by atoms with Gasteiger partial charge in [-0.1, -0.05) is 5.16 Å². The monoisotopic (exact) mass is 269 g/mol. The van der Waals surface area contributed by atoms with Crippen LogP contribution < -0.4 is 5.32 Å². The van der Waals surface area contributed by atoms with Crippen LogP contribution in [0.2, 0.25) is 0 Å². The van der Waals surface area contributed by atoms with Crippen molar-refractivity contribution in [2.75, 3.05) is 6.54 Å². The molecule has 96 valence electrons. The van der Waals surface area contributed by atoms with E-state index < -0.39 is 0 Å². The first-order valence-electron chi connectivity index (χ1n) is 5.66. The average molecular weight is 270 g/mol. The Hall–Kier alpha value is -1.46. The third-order valence-electron chi connectivity index (χ3n) is 2.90. The summed E-state index contributed by atoms with van der Waals surface area (Å²) >= 11 is 0. The lowest BCUT2D eigenvalue weighted by Gasteiger charge is -2.01. The van der Waals surface area contributed by atoms with Gasteiger partial charge in [0.15, 0.2) is 0 Å². The van der Waals surface area contributed by atoms with Crippen LogP contribution in [0.25, 0.3) is 11.4 Å². The maximum atomic E-state index is 12.8. The first kappa shape index (κ1) is 13.0. The highest BCUT2D eigenvalue weighted by molar-refractivity contribution is 5.85. The average Bonchev–Trinajstić information content (AvgIpc) is 3.00. The van der Waals surface area contributed by atoms with Crippen molar-refractivity contribution in [2.24, 2.45) is 0 Å². The highest BCUT2D eigenvalue weighted by Gasteiger charge is 2.22. The minimum Gasteiger partial charge on any atom is -0.337 e. The molecule has 1 aliphatic heterocycles. The predicted octanol–water partition coefficient (Wildman–Crippen LogP) is 2.72. The topological polar surface area (TPSA) is 51.0 Å². The molecule has 4 nitrogen and oxygen atoms in total. The highest BCUT2D eigenvalue weighted by atomic mass is 35.5. The van der Waals surface area contributed by atoms with Gasteiger partial charge in [-0.05, 0) is 43.7 Å². The lowest BCUT2D eigenvalue weighted by atomic mass is 10.2. The fourth-order valence-corrected chi connectivity index (χ4v) is 1.99. The van der Waals surface area contributed by atoms with Crippen LogP contribution in [-0.2, 0) is 0 Å². The SMILES string of the molecule is Cl.Fc1ccc(-c2noc([C@@H]3CCCN3)n2)cc1. The number of nitrogens with one attached hydrogen (secondary N) is 1. The Labute approximate surface area is 110 Å². The Bertz CT molecular complexity index is 508. The first-order chi connectivity index (χ1) is 8.33. The number of rotatable bonds is 2. The lowest BCUT2D eigenvalue weighted by molar-refractivity contribution is 0.345. The molecule has 0 aliphatic carbocycles. The van der Waals surface area contributed by atoms with Crippen molar-refractivity contribution in [3.63, 3.8) is 0 Å². The summed E-state index contributed by atoms with van der Waals surface area (Å²) in [4.78, 5) is 4.33. The van der Waals surface area contributed by atoms with Crippen molar-refractivity contribution < 1.29 is 8.91 Å². The molecule has 6 heteroatoms. The quantitative estimate of drug-likeness (QED) is 0.911. The fourth-order valence-electron chi connectivity index (χ4n) is 1.99. The second kappa shape index (κ2) is 5.46. The molecule has 2 aromatic rings. The maximum absolute atomic E-state index is 12.8. The molecule has 0 spiro atoms. The van der Waals surface area contributed by atoms with Gasteiger partial charge in [-0.15, -0.1) is 12.4 Å². The zero-order valence-electron chi connectivity index (χ0n) is 9.60. The molecule has 0 saturated carbocycles. The second-order valence-electron chi connectivity index (χ2n) is 4.11. The van der Waals surface area contributed by atoms with E-state index in [9.17, 15) is 4.39 Å². The fraction of sp³-hybridized carbons (Fsp3) is 0.333. The van der Waals surface area contributed by atoms with E-state index in [1.165, 1.54) is 12.1 Å². The van der Waals surface area contributed by atoms with E-state index in [-0.39, 0.29) is 24.3 Å². The number of nitrogens with zero attached hydrogens (tertiary/aromatic N) is 2. The zero-order chi connectivity index (χ0) is 11.7.